The van der Waals surface area contributed by atoms with E-state index >= 15 is 0 Å². The Morgan fingerprint density at radius 3 is 2.33 bits per heavy atom. The average molecular weight is 406 g/mol. The number of halogens is 4. The van der Waals surface area contributed by atoms with Crippen molar-refractivity contribution >= 4 is 23.3 Å². The lowest BCUT2D eigenvalue weighted by Gasteiger charge is -2.39. The Morgan fingerprint density at radius 2 is 1.81 bits per heavy atom. The number of amides is 1. The van der Waals surface area contributed by atoms with E-state index in [0.717, 1.165) is 12.3 Å². The fourth-order valence-electron chi connectivity index (χ4n) is 3.77. The van der Waals surface area contributed by atoms with Crippen LogP contribution in [-0.2, 0) is 15.7 Å². The zero-order chi connectivity index (χ0) is 19.8. The predicted molar refractivity (Wildman–Crippen MR) is 95.8 cm³/mol. The van der Waals surface area contributed by atoms with Crippen LogP contribution in [0, 0.1) is 5.92 Å². The molecule has 1 aromatic rings. The first-order valence-electron chi connectivity index (χ1n) is 9.07. The second-order valence-electron chi connectivity index (χ2n) is 7.29. The molecule has 3 rings (SSSR count). The Bertz CT molecular complexity index is 683. The summed E-state index contributed by atoms with van der Waals surface area (Å²) in [5.41, 5.74) is -0.864. The van der Waals surface area contributed by atoms with Gasteiger partial charge in [-0.2, -0.15) is 13.2 Å². The van der Waals surface area contributed by atoms with E-state index in [1.54, 1.807) is 0 Å². The van der Waals surface area contributed by atoms with Crippen molar-refractivity contribution in [1.29, 1.82) is 0 Å². The van der Waals surface area contributed by atoms with Crippen LogP contribution in [0.5, 0.6) is 0 Å². The van der Waals surface area contributed by atoms with Crippen LogP contribution in [0.2, 0.25) is 5.02 Å². The molecule has 9 heteroatoms. The lowest BCUT2D eigenvalue weighted by Crippen LogP contribution is -2.51. The number of carbonyl (C=O) groups is 1. The maximum absolute atomic E-state index is 12.8. The fourth-order valence-corrected chi connectivity index (χ4v) is 4.06. The number of morpholine rings is 1. The lowest BCUT2D eigenvalue weighted by molar-refractivity contribution is -0.148. The van der Waals surface area contributed by atoms with Gasteiger partial charge in [-0.05, 0) is 32.8 Å². The summed E-state index contributed by atoms with van der Waals surface area (Å²) in [6.07, 6.45) is -2.38. The molecule has 2 saturated heterocycles. The number of anilines is 1. The van der Waals surface area contributed by atoms with Crippen LogP contribution in [0.3, 0.4) is 0 Å². The first-order chi connectivity index (χ1) is 12.6. The van der Waals surface area contributed by atoms with Crippen LogP contribution in [0.4, 0.5) is 19.0 Å². The summed E-state index contributed by atoms with van der Waals surface area (Å²) < 4.78 is 43.9. The molecule has 0 aliphatic carbocycles. The molecule has 1 aromatic heterocycles. The lowest BCUT2D eigenvalue weighted by atomic mass is 9.94. The Hall–Kier alpha value is -1.54. The Labute approximate surface area is 161 Å². The molecular formula is C18H23ClF3N3O2. The molecule has 150 valence electrons. The van der Waals surface area contributed by atoms with Gasteiger partial charge in [0.05, 0.1) is 22.8 Å². The van der Waals surface area contributed by atoms with Crippen LogP contribution in [0.25, 0.3) is 0 Å². The molecule has 2 aliphatic heterocycles. The molecule has 2 aliphatic rings. The molecule has 27 heavy (non-hydrogen) atoms. The minimum absolute atomic E-state index is 0.0212. The van der Waals surface area contributed by atoms with Crippen molar-refractivity contribution in [3.8, 4) is 0 Å². The summed E-state index contributed by atoms with van der Waals surface area (Å²) in [7, 11) is 0. The second kappa shape index (κ2) is 7.83. The predicted octanol–water partition coefficient (Wildman–Crippen LogP) is 3.61. The van der Waals surface area contributed by atoms with Gasteiger partial charge < -0.3 is 14.5 Å². The quantitative estimate of drug-likeness (QED) is 0.754. The Balaban J connectivity index is 1.61. The number of ether oxygens (including phenoxy) is 1. The van der Waals surface area contributed by atoms with E-state index in [1.165, 1.54) is 0 Å². The van der Waals surface area contributed by atoms with Crippen LogP contribution in [0.1, 0.15) is 32.3 Å². The molecule has 0 aromatic carbocycles. The fraction of sp³-hybridized carbons (Fsp3) is 0.667. The van der Waals surface area contributed by atoms with Crippen LogP contribution >= 0.6 is 11.6 Å². The van der Waals surface area contributed by atoms with Gasteiger partial charge in [0.1, 0.15) is 5.82 Å². The van der Waals surface area contributed by atoms with Gasteiger partial charge in [-0.1, -0.05) is 11.6 Å². The smallest absolute Gasteiger partial charge is 0.372 e. The molecule has 0 radical (unpaired) electrons. The van der Waals surface area contributed by atoms with Crippen LogP contribution in [0.15, 0.2) is 12.3 Å². The monoisotopic (exact) mass is 405 g/mol. The van der Waals surface area contributed by atoms with Crippen LogP contribution in [-0.4, -0.2) is 54.2 Å². The van der Waals surface area contributed by atoms with Gasteiger partial charge in [-0.15, -0.1) is 0 Å². The summed E-state index contributed by atoms with van der Waals surface area (Å²) in [6.45, 7) is 6.16. The normalized spacial score (nSPS) is 25.0. The van der Waals surface area contributed by atoms with E-state index in [1.807, 2.05) is 23.6 Å². The van der Waals surface area contributed by atoms with E-state index in [0.29, 0.717) is 44.8 Å². The zero-order valence-corrected chi connectivity index (χ0v) is 16.1. The van der Waals surface area contributed by atoms with Gasteiger partial charge in [0.15, 0.2) is 0 Å². The van der Waals surface area contributed by atoms with Crippen molar-refractivity contribution in [2.45, 2.75) is 45.1 Å². The summed E-state index contributed by atoms with van der Waals surface area (Å²) in [5, 5.41) is -0.0227. The number of aromatic nitrogens is 1. The summed E-state index contributed by atoms with van der Waals surface area (Å²) in [4.78, 5) is 20.4. The SMILES string of the molecule is CC1CN(C(=O)C2CCN(c3ncc(C(F)(F)F)cc3Cl)CC2)CC(C)O1. The highest BCUT2D eigenvalue weighted by Gasteiger charge is 2.35. The van der Waals surface area contributed by atoms with E-state index in [-0.39, 0.29) is 29.1 Å². The molecule has 1 amide bonds. The molecular weight excluding hydrogens is 383 g/mol. The van der Waals surface area contributed by atoms with Gasteiger partial charge in [-0.25, -0.2) is 4.98 Å². The number of piperidine rings is 1. The van der Waals surface area contributed by atoms with Gasteiger partial charge in [0.25, 0.3) is 0 Å². The molecule has 3 heterocycles. The maximum atomic E-state index is 12.8. The molecule has 0 N–H and O–H groups in total. The Kier molecular flexibility index (Phi) is 5.86. The van der Waals surface area contributed by atoms with E-state index in [4.69, 9.17) is 16.3 Å². The average Bonchev–Trinajstić information content (AvgIpc) is 2.59. The third kappa shape index (κ3) is 4.66. The highest BCUT2D eigenvalue weighted by Crippen LogP contribution is 2.35. The minimum Gasteiger partial charge on any atom is -0.372 e. The number of pyridine rings is 1. The minimum atomic E-state index is -4.47. The van der Waals surface area contributed by atoms with Gasteiger partial charge >= 0.3 is 6.18 Å². The number of hydrogen-bond donors (Lipinski definition) is 0. The molecule has 0 spiro atoms. The number of carbonyl (C=O) groups excluding carboxylic acids is 1. The summed E-state index contributed by atoms with van der Waals surface area (Å²) >= 11 is 6.03. The largest absolute Gasteiger partial charge is 0.417 e. The zero-order valence-electron chi connectivity index (χ0n) is 15.3. The third-order valence-corrected chi connectivity index (χ3v) is 5.30. The summed E-state index contributed by atoms with van der Waals surface area (Å²) in [5.74, 6) is 0.374. The molecule has 0 bridgehead atoms. The molecule has 0 saturated carbocycles. The van der Waals surface area contributed by atoms with Crippen molar-refractivity contribution < 1.29 is 22.7 Å². The van der Waals surface area contributed by atoms with E-state index in [9.17, 15) is 18.0 Å². The standard InChI is InChI=1S/C18H23ClF3N3O2/c1-11-9-25(10-12(2)27-11)17(26)13-3-5-24(6-4-13)16-15(19)7-14(8-23-16)18(20,21)22/h7-8,11-13H,3-6,9-10H2,1-2H3. The van der Waals surface area contributed by atoms with Crippen molar-refractivity contribution in [3.05, 3.63) is 22.8 Å². The highest BCUT2D eigenvalue weighted by atomic mass is 35.5. The first-order valence-corrected chi connectivity index (χ1v) is 9.45. The Morgan fingerprint density at radius 1 is 1.22 bits per heavy atom. The van der Waals surface area contributed by atoms with Crippen molar-refractivity contribution in [2.75, 3.05) is 31.1 Å². The number of alkyl halides is 3. The van der Waals surface area contributed by atoms with Gasteiger partial charge in [0, 0.05) is 38.3 Å². The number of hydrogen-bond acceptors (Lipinski definition) is 4. The van der Waals surface area contributed by atoms with Crippen LogP contribution < -0.4 is 4.90 Å². The number of nitrogens with zero attached hydrogens (tertiary/aromatic N) is 3. The van der Waals surface area contributed by atoms with E-state index < -0.39 is 11.7 Å². The third-order valence-electron chi connectivity index (χ3n) is 5.02. The second-order valence-corrected chi connectivity index (χ2v) is 7.70. The summed E-state index contributed by atoms with van der Waals surface area (Å²) in [6, 6.07) is 0.900. The van der Waals surface area contributed by atoms with Crippen molar-refractivity contribution in [3.63, 3.8) is 0 Å². The molecule has 2 fully saturated rings. The molecule has 2 unspecified atom stereocenters. The highest BCUT2D eigenvalue weighted by molar-refractivity contribution is 6.33. The van der Waals surface area contributed by atoms with Crippen molar-refractivity contribution in [1.82, 2.24) is 9.88 Å². The van der Waals surface area contributed by atoms with Gasteiger partial charge in [-0.3, -0.25) is 4.79 Å². The maximum Gasteiger partial charge on any atom is 0.417 e. The molecule has 2 atom stereocenters. The number of rotatable bonds is 2. The topological polar surface area (TPSA) is 45.7 Å². The van der Waals surface area contributed by atoms with Gasteiger partial charge in [0.2, 0.25) is 5.91 Å². The van der Waals surface area contributed by atoms with E-state index in [2.05, 4.69) is 4.98 Å². The first kappa shape index (κ1) is 20.2. The van der Waals surface area contributed by atoms with Crippen molar-refractivity contribution in [2.24, 2.45) is 5.92 Å². The molecule has 5 nitrogen and oxygen atoms in total.